The molecule has 0 saturated carbocycles. The number of ketones is 1. The van der Waals surface area contributed by atoms with Gasteiger partial charge in [0.1, 0.15) is 11.8 Å². The fourth-order valence-electron chi connectivity index (χ4n) is 4.05. The zero-order valence-corrected chi connectivity index (χ0v) is 17.8. The summed E-state index contributed by atoms with van der Waals surface area (Å²) >= 11 is 0. The van der Waals surface area contributed by atoms with E-state index in [1.165, 1.54) is 35.7 Å². The lowest BCUT2D eigenvalue weighted by molar-refractivity contribution is 0.0342. The molecule has 0 atom stereocenters. The first-order valence-corrected chi connectivity index (χ1v) is 10.3. The molecule has 1 aliphatic carbocycles. The molecule has 1 saturated heterocycles. The molecule has 0 radical (unpaired) electrons. The van der Waals surface area contributed by atoms with Crippen LogP contribution in [0.1, 0.15) is 58.7 Å². The summed E-state index contributed by atoms with van der Waals surface area (Å²) in [7, 11) is 0. The normalized spacial score (nSPS) is 17.0. The van der Waals surface area contributed by atoms with Gasteiger partial charge in [0.25, 0.3) is 0 Å². The number of H-pyrrole nitrogens is 1. The Kier molecular flexibility index (Phi) is 7.81. The summed E-state index contributed by atoms with van der Waals surface area (Å²) in [5, 5.41) is 8.95. The number of aromatic nitrogens is 2. The van der Waals surface area contributed by atoms with Crippen LogP contribution in [0, 0.1) is 11.3 Å². The topological polar surface area (TPSA) is 82.0 Å². The van der Waals surface area contributed by atoms with Gasteiger partial charge in [0.15, 0.2) is 5.82 Å². The van der Waals surface area contributed by atoms with Crippen molar-refractivity contribution in [1.29, 1.82) is 5.26 Å². The molecular weight excluding hydrogens is 400 g/mol. The third-order valence-electron chi connectivity index (χ3n) is 5.63. The van der Waals surface area contributed by atoms with Crippen LogP contribution in [0.15, 0.2) is 30.5 Å². The first kappa shape index (κ1) is 22.2. The number of ether oxygens (including phenoxy) is 1. The highest BCUT2D eigenvalue weighted by Gasteiger charge is 2.18. The first-order chi connectivity index (χ1) is 14.2. The molecule has 0 amide bonds. The van der Waals surface area contributed by atoms with Crippen LogP contribution in [-0.4, -0.2) is 47.0 Å². The fourth-order valence-corrected chi connectivity index (χ4v) is 4.05. The molecule has 30 heavy (non-hydrogen) atoms. The molecular formula is C23H27ClN4O2. The maximum atomic E-state index is 12.7. The van der Waals surface area contributed by atoms with Crippen molar-refractivity contribution in [3.8, 4) is 6.07 Å². The van der Waals surface area contributed by atoms with Crippen molar-refractivity contribution >= 4 is 23.8 Å². The molecule has 1 aliphatic heterocycles. The van der Waals surface area contributed by atoms with Crippen molar-refractivity contribution in [2.75, 3.05) is 26.3 Å². The number of nitrogens with one attached hydrogen (secondary N) is 1. The second kappa shape index (κ2) is 10.5. The van der Waals surface area contributed by atoms with Gasteiger partial charge in [0.05, 0.1) is 19.4 Å². The Balaban J connectivity index is 0.00000256. The number of hydrogen-bond donors (Lipinski definition) is 1. The van der Waals surface area contributed by atoms with Gasteiger partial charge >= 0.3 is 0 Å². The Labute approximate surface area is 183 Å². The van der Waals surface area contributed by atoms with Crippen LogP contribution in [0.4, 0.5) is 0 Å². The number of halogens is 1. The van der Waals surface area contributed by atoms with E-state index in [4.69, 9.17) is 10.00 Å². The zero-order chi connectivity index (χ0) is 20.1. The SMILES string of the molecule is Cl.N#Cc1cnc(C(=O)Cc2ccc(CN3CCOCC3)cc2C2=CCCCC2)[nH]1. The summed E-state index contributed by atoms with van der Waals surface area (Å²) < 4.78 is 5.45. The molecule has 158 valence electrons. The van der Waals surface area contributed by atoms with Crippen molar-refractivity contribution in [2.45, 2.75) is 38.6 Å². The molecule has 1 aromatic heterocycles. The number of aromatic amines is 1. The second-order valence-corrected chi connectivity index (χ2v) is 7.71. The first-order valence-electron chi connectivity index (χ1n) is 10.3. The minimum absolute atomic E-state index is 0. The largest absolute Gasteiger partial charge is 0.379 e. The summed E-state index contributed by atoms with van der Waals surface area (Å²) in [6.07, 6.45) is 8.59. The Morgan fingerprint density at radius 3 is 2.80 bits per heavy atom. The Morgan fingerprint density at radius 2 is 2.10 bits per heavy atom. The average molecular weight is 427 g/mol. The number of nitrogens with zero attached hydrogens (tertiary/aromatic N) is 3. The highest BCUT2D eigenvalue weighted by Crippen LogP contribution is 2.31. The number of hydrogen-bond acceptors (Lipinski definition) is 5. The van der Waals surface area contributed by atoms with Crippen LogP contribution in [-0.2, 0) is 17.7 Å². The summed E-state index contributed by atoms with van der Waals surface area (Å²) in [6.45, 7) is 4.40. The number of imidazole rings is 1. The van der Waals surface area contributed by atoms with Crippen LogP contribution in [0.25, 0.3) is 5.57 Å². The summed E-state index contributed by atoms with van der Waals surface area (Å²) in [5.74, 6) is 0.160. The van der Waals surface area contributed by atoms with E-state index in [-0.39, 0.29) is 30.4 Å². The van der Waals surface area contributed by atoms with Crippen LogP contribution in [0.5, 0.6) is 0 Å². The highest BCUT2D eigenvalue weighted by molar-refractivity contribution is 5.95. The highest BCUT2D eigenvalue weighted by atomic mass is 35.5. The predicted octanol–water partition coefficient (Wildman–Crippen LogP) is 3.92. The third-order valence-corrected chi connectivity index (χ3v) is 5.63. The molecule has 0 bridgehead atoms. The van der Waals surface area contributed by atoms with Gasteiger partial charge in [-0.15, -0.1) is 12.4 Å². The number of allylic oxidation sites excluding steroid dienone is 2. The smallest absolute Gasteiger partial charge is 0.202 e. The van der Waals surface area contributed by atoms with Gasteiger partial charge in [-0.2, -0.15) is 5.26 Å². The molecule has 1 aromatic carbocycles. The van der Waals surface area contributed by atoms with Crippen LogP contribution in [0.3, 0.4) is 0 Å². The van der Waals surface area contributed by atoms with E-state index >= 15 is 0 Å². The lowest BCUT2D eigenvalue weighted by atomic mass is 9.88. The standard InChI is InChI=1S/C23H26N4O2.ClH/c24-14-20-15-25-23(26-20)22(28)13-19-7-6-17(16-27-8-10-29-11-9-27)12-21(19)18-4-2-1-3-5-18;/h4,6-7,12,15H,1-3,5,8-11,13,16H2,(H,25,26);1H. The quantitative estimate of drug-likeness (QED) is 0.708. The van der Waals surface area contributed by atoms with Crippen LogP contribution >= 0.6 is 12.4 Å². The fraction of sp³-hybridized carbons (Fsp3) is 0.435. The number of morpholine rings is 1. The van der Waals surface area contributed by atoms with Gasteiger partial charge in [-0.25, -0.2) is 4.98 Å². The lowest BCUT2D eigenvalue weighted by Gasteiger charge is -2.27. The maximum absolute atomic E-state index is 12.7. The molecule has 2 heterocycles. The lowest BCUT2D eigenvalue weighted by Crippen LogP contribution is -2.35. The summed E-state index contributed by atoms with van der Waals surface area (Å²) in [5.41, 5.74) is 5.15. The molecule has 1 fully saturated rings. The summed E-state index contributed by atoms with van der Waals surface area (Å²) in [6, 6.07) is 8.47. The minimum Gasteiger partial charge on any atom is -0.379 e. The third kappa shape index (κ3) is 5.37. The van der Waals surface area contributed by atoms with Crippen molar-refractivity contribution in [2.24, 2.45) is 0 Å². The van der Waals surface area contributed by atoms with E-state index in [1.807, 2.05) is 6.07 Å². The van der Waals surface area contributed by atoms with Gasteiger partial charge < -0.3 is 9.72 Å². The molecule has 4 rings (SSSR count). The van der Waals surface area contributed by atoms with Gasteiger partial charge in [-0.05, 0) is 54.0 Å². The molecule has 6 nitrogen and oxygen atoms in total. The molecule has 2 aliphatic rings. The van der Waals surface area contributed by atoms with Gasteiger partial charge in [-0.1, -0.05) is 18.2 Å². The predicted molar refractivity (Wildman–Crippen MR) is 118 cm³/mol. The Hall–Kier alpha value is -2.46. The van der Waals surface area contributed by atoms with E-state index in [9.17, 15) is 4.79 Å². The van der Waals surface area contributed by atoms with Gasteiger partial charge in [0.2, 0.25) is 5.78 Å². The number of nitriles is 1. The van der Waals surface area contributed by atoms with E-state index < -0.39 is 0 Å². The number of carbonyl (C=O) groups is 1. The van der Waals surface area contributed by atoms with Crippen LogP contribution < -0.4 is 0 Å². The van der Waals surface area contributed by atoms with Crippen molar-refractivity contribution < 1.29 is 9.53 Å². The van der Waals surface area contributed by atoms with Gasteiger partial charge in [-0.3, -0.25) is 9.69 Å². The number of Topliss-reactive ketones (excluding diaryl/α,β-unsaturated/α-hetero) is 1. The van der Waals surface area contributed by atoms with Crippen LogP contribution in [0.2, 0.25) is 0 Å². The molecule has 1 N–H and O–H groups in total. The Bertz CT molecular complexity index is 954. The van der Waals surface area contributed by atoms with Gasteiger partial charge in [0, 0.05) is 26.1 Å². The molecule has 0 unspecified atom stereocenters. The van der Waals surface area contributed by atoms with E-state index in [0.29, 0.717) is 5.69 Å². The number of rotatable bonds is 6. The van der Waals surface area contributed by atoms with E-state index in [1.54, 1.807) is 0 Å². The monoisotopic (exact) mass is 426 g/mol. The van der Waals surface area contributed by atoms with Crippen molar-refractivity contribution in [1.82, 2.24) is 14.9 Å². The van der Waals surface area contributed by atoms with Crippen molar-refractivity contribution in [3.05, 3.63) is 58.7 Å². The van der Waals surface area contributed by atoms with Crippen molar-refractivity contribution in [3.63, 3.8) is 0 Å². The minimum atomic E-state index is -0.0925. The second-order valence-electron chi connectivity index (χ2n) is 7.71. The zero-order valence-electron chi connectivity index (χ0n) is 17.0. The average Bonchev–Trinajstić information content (AvgIpc) is 3.26. The number of carbonyl (C=O) groups excluding carboxylic acids is 1. The molecule has 7 heteroatoms. The number of benzene rings is 1. The molecule has 0 spiro atoms. The summed E-state index contributed by atoms with van der Waals surface area (Å²) in [4.78, 5) is 22.0. The molecule has 2 aromatic rings. The maximum Gasteiger partial charge on any atom is 0.202 e. The van der Waals surface area contributed by atoms with E-state index in [0.717, 1.165) is 51.3 Å². The Morgan fingerprint density at radius 1 is 1.27 bits per heavy atom. The van der Waals surface area contributed by atoms with E-state index in [2.05, 4.69) is 39.1 Å².